The number of likely N-dealkylation sites (tertiary alicyclic amines) is 1. The zero-order chi connectivity index (χ0) is 19.2. The molecular formula is C23H31NO3. The molecule has 0 saturated carbocycles. The van der Waals surface area contributed by atoms with Crippen LogP contribution in [-0.2, 0) is 6.54 Å². The summed E-state index contributed by atoms with van der Waals surface area (Å²) in [6.45, 7) is 8.74. The second-order valence-corrected chi connectivity index (χ2v) is 7.28. The summed E-state index contributed by atoms with van der Waals surface area (Å²) in [5.74, 6) is 2.57. The van der Waals surface area contributed by atoms with Crippen LogP contribution in [0.25, 0.3) is 0 Å². The Labute approximate surface area is 163 Å². The fraction of sp³-hybridized carbons (Fsp3) is 0.478. The Morgan fingerprint density at radius 2 is 1.85 bits per heavy atom. The molecule has 0 aliphatic carbocycles. The molecule has 0 aromatic heterocycles. The molecule has 0 N–H and O–H groups in total. The lowest BCUT2D eigenvalue weighted by molar-refractivity contribution is 0.222. The first-order chi connectivity index (χ1) is 13.1. The zero-order valence-electron chi connectivity index (χ0n) is 16.9. The van der Waals surface area contributed by atoms with Crippen molar-refractivity contribution in [3.05, 3.63) is 53.6 Å². The van der Waals surface area contributed by atoms with Crippen LogP contribution < -0.4 is 14.2 Å². The molecule has 0 spiro atoms. The van der Waals surface area contributed by atoms with Crippen LogP contribution in [0.15, 0.2) is 42.5 Å². The first kappa shape index (κ1) is 19.6. The minimum Gasteiger partial charge on any atom is -0.497 e. The van der Waals surface area contributed by atoms with Crippen molar-refractivity contribution >= 4 is 0 Å². The molecule has 27 heavy (non-hydrogen) atoms. The smallest absolute Gasteiger partial charge is 0.161 e. The summed E-state index contributed by atoms with van der Waals surface area (Å²) in [6.07, 6.45) is 2.55. The van der Waals surface area contributed by atoms with Gasteiger partial charge in [0.1, 0.15) is 5.75 Å². The van der Waals surface area contributed by atoms with Crippen LogP contribution in [0.5, 0.6) is 17.2 Å². The highest BCUT2D eigenvalue weighted by atomic mass is 16.5. The van der Waals surface area contributed by atoms with Gasteiger partial charge in [-0.25, -0.2) is 0 Å². The van der Waals surface area contributed by atoms with Gasteiger partial charge >= 0.3 is 0 Å². The van der Waals surface area contributed by atoms with Gasteiger partial charge in [-0.1, -0.05) is 18.2 Å². The van der Waals surface area contributed by atoms with Crippen molar-refractivity contribution in [3.63, 3.8) is 0 Å². The molecule has 1 fully saturated rings. The van der Waals surface area contributed by atoms with Crippen LogP contribution in [0.3, 0.4) is 0 Å². The first-order valence-corrected chi connectivity index (χ1v) is 9.91. The highest BCUT2D eigenvalue weighted by Crippen LogP contribution is 2.35. The van der Waals surface area contributed by atoms with Crippen molar-refractivity contribution < 1.29 is 14.2 Å². The van der Waals surface area contributed by atoms with E-state index in [2.05, 4.69) is 41.3 Å². The van der Waals surface area contributed by atoms with Crippen LogP contribution in [0, 0.1) is 0 Å². The van der Waals surface area contributed by atoms with E-state index in [1.807, 2.05) is 26.8 Å². The van der Waals surface area contributed by atoms with E-state index >= 15 is 0 Å². The fourth-order valence-electron chi connectivity index (χ4n) is 3.72. The number of methoxy groups -OCH3 is 1. The average molecular weight is 370 g/mol. The van der Waals surface area contributed by atoms with E-state index in [4.69, 9.17) is 14.2 Å². The van der Waals surface area contributed by atoms with Crippen LogP contribution in [0.2, 0.25) is 0 Å². The van der Waals surface area contributed by atoms with E-state index in [1.165, 1.54) is 24.0 Å². The minimum atomic E-state index is 0.132. The van der Waals surface area contributed by atoms with Crippen molar-refractivity contribution in [2.24, 2.45) is 0 Å². The van der Waals surface area contributed by atoms with Gasteiger partial charge < -0.3 is 14.2 Å². The molecule has 1 heterocycles. The first-order valence-electron chi connectivity index (χ1n) is 9.91. The third-order valence-electron chi connectivity index (χ3n) is 4.92. The molecule has 1 atom stereocenters. The topological polar surface area (TPSA) is 30.9 Å². The fourth-order valence-corrected chi connectivity index (χ4v) is 3.72. The molecule has 1 aliphatic rings. The number of nitrogens with zero attached hydrogens (tertiary/aromatic N) is 1. The molecular weight excluding hydrogens is 338 g/mol. The lowest BCUT2D eigenvalue weighted by Gasteiger charge is -2.25. The maximum Gasteiger partial charge on any atom is 0.161 e. The van der Waals surface area contributed by atoms with Crippen LogP contribution in [0.4, 0.5) is 0 Å². The molecule has 1 aliphatic heterocycles. The molecule has 1 saturated heterocycles. The van der Waals surface area contributed by atoms with Crippen LogP contribution in [-0.4, -0.2) is 31.3 Å². The molecule has 2 aromatic carbocycles. The summed E-state index contributed by atoms with van der Waals surface area (Å²) in [7, 11) is 1.71. The Morgan fingerprint density at radius 3 is 2.52 bits per heavy atom. The predicted molar refractivity (Wildman–Crippen MR) is 109 cm³/mol. The third kappa shape index (κ3) is 4.95. The summed E-state index contributed by atoms with van der Waals surface area (Å²) in [5.41, 5.74) is 2.62. The lowest BCUT2D eigenvalue weighted by atomic mass is 10.0. The summed E-state index contributed by atoms with van der Waals surface area (Å²) < 4.78 is 17.0. The highest BCUT2D eigenvalue weighted by Gasteiger charge is 2.26. The molecule has 0 bridgehead atoms. The van der Waals surface area contributed by atoms with E-state index < -0.39 is 0 Å². The molecule has 4 heteroatoms. The molecule has 3 rings (SSSR count). The van der Waals surface area contributed by atoms with Crippen molar-refractivity contribution in [2.45, 2.75) is 52.3 Å². The largest absolute Gasteiger partial charge is 0.497 e. The van der Waals surface area contributed by atoms with Gasteiger partial charge in [-0.15, -0.1) is 0 Å². The summed E-state index contributed by atoms with van der Waals surface area (Å²) in [6, 6.07) is 15.3. The maximum atomic E-state index is 5.88. The summed E-state index contributed by atoms with van der Waals surface area (Å²) in [4.78, 5) is 2.55. The van der Waals surface area contributed by atoms with E-state index in [-0.39, 0.29) is 6.10 Å². The minimum absolute atomic E-state index is 0.132. The molecule has 1 unspecified atom stereocenters. The molecule has 0 amide bonds. The maximum absolute atomic E-state index is 5.88. The Balaban J connectivity index is 1.75. The second kappa shape index (κ2) is 9.14. The van der Waals surface area contributed by atoms with E-state index in [1.54, 1.807) is 7.11 Å². The van der Waals surface area contributed by atoms with Gasteiger partial charge in [0.05, 0.1) is 19.8 Å². The molecule has 146 valence electrons. The van der Waals surface area contributed by atoms with Crippen molar-refractivity contribution in [2.75, 3.05) is 20.3 Å². The highest BCUT2D eigenvalue weighted by molar-refractivity contribution is 5.43. The van der Waals surface area contributed by atoms with E-state index in [9.17, 15) is 0 Å². The Kier molecular flexibility index (Phi) is 6.62. The van der Waals surface area contributed by atoms with Gasteiger partial charge in [-0.05, 0) is 75.5 Å². The SMILES string of the molecule is CCOc1cc(CN2CCCC2c2ccc(OC)cc2)ccc1OC(C)C. The van der Waals surface area contributed by atoms with Gasteiger partial charge in [-0.3, -0.25) is 4.90 Å². The second-order valence-electron chi connectivity index (χ2n) is 7.28. The average Bonchev–Trinajstić information content (AvgIpc) is 3.12. The number of ether oxygens (including phenoxy) is 3. The standard InChI is InChI=1S/C23H31NO3/c1-5-26-23-15-18(8-13-22(23)27-17(2)3)16-24-14-6-7-21(24)19-9-11-20(25-4)12-10-19/h8-13,15,17,21H,5-7,14,16H2,1-4H3. The van der Waals surface area contributed by atoms with Gasteiger partial charge in [0, 0.05) is 12.6 Å². The molecule has 2 aromatic rings. The third-order valence-corrected chi connectivity index (χ3v) is 4.92. The van der Waals surface area contributed by atoms with Gasteiger partial charge in [0.15, 0.2) is 11.5 Å². The van der Waals surface area contributed by atoms with Crippen LogP contribution >= 0.6 is 0 Å². The van der Waals surface area contributed by atoms with Gasteiger partial charge in [-0.2, -0.15) is 0 Å². The zero-order valence-corrected chi connectivity index (χ0v) is 16.9. The summed E-state index contributed by atoms with van der Waals surface area (Å²) in [5, 5.41) is 0. The number of hydrogen-bond acceptors (Lipinski definition) is 4. The van der Waals surface area contributed by atoms with Crippen molar-refractivity contribution in [3.8, 4) is 17.2 Å². The van der Waals surface area contributed by atoms with Gasteiger partial charge in [0.2, 0.25) is 0 Å². The summed E-state index contributed by atoms with van der Waals surface area (Å²) >= 11 is 0. The lowest BCUT2D eigenvalue weighted by Crippen LogP contribution is -2.22. The normalized spacial score (nSPS) is 17.3. The van der Waals surface area contributed by atoms with Crippen LogP contribution in [0.1, 0.15) is 50.8 Å². The Bertz CT molecular complexity index is 727. The van der Waals surface area contributed by atoms with E-state index in [0.29, 0.717) is 12.6 Å². The van der Waals surface area contributed by atoms with E-state index in [0.717, 1.165) is 30.3 Å². The van der Waals surface area contributed by atoms with Crippen molar-refractivity contribution in [1.29, 1.82) is 0 Å². The number of benzene rings is 2. The predicted octanol–water partition coefficient (Wildman–Crippen LogP) is 5.22. The number of rotatable bonds is 8. The Morgan fingerprint density at radius 1 is 1.07 bits per heavy atom. The quantitative estimate of drug-likeness (QED) is 0.638. The van der Waals surface area contributed by atoms with Crippen molar-refractivity contribution in [1.82, 2.24) is 4.90 Å². The monoisotopic (exact) mass is 369 g/mol. The van der Waals surface area contributed by atoms with Gasteiger partial charge in [0.25, 0.3) is 0 Å². The molecule has 4 nitrogen and oxygen atoms in total. The molecule has 0 radical (unpaired) electrons. The Hall–Kier alpha value is -2.20. The number of hydrogen-bond donors (Lipinski definition) is 0.